The molecule has 0 spiro atoms. The van der Waals surface area contributed by atoms with E-state index in [1.807, 2.05) is 6.92 Å². The zero-order valence-electron chi connectivity index (χ0n) is 12.0. The van der Waals surface area contributed by atoms with Gasteiger partial charge >= 0.3 is 5.97 Å². The minimum Gasteiger partial charge on any atom is -0.493 e. The molecule has 2 aromatic rings. The predicted molar refractivity (Wildman–Crippen MR) is 79.0 cm³/mol. The largest absolute Gasteiger partial charge is 0.493 e. The third kappa shape index (κ3) is 3.69. The summed E-state index contributed by atoms with van der Waals surface area (Å²) in [5.74, 6) is 0.353. The molecule has 0 saturated carbocycles. The highest BCUT2D eigenvalue weighted by Crippen LogP contribution is 2.21. The van der Waals surface area contributed by atoms with Crippen molar-refractivity contribution in [1.29, 1.82) is 0 Å². The monoisotopic (exact) mass is 284 g/mol. The van der Waals surface area contributed by atoms with Gasteiger partial charge in [0, 0.05) is 5.56 Å². The first kappa shape index (κ1) is 14.8. The number of ketones is 1. The van der Waals surface area contributed by atoms with Gasteiger partial charge in [0.2, 0.25) is 0 Å². The third-order valence-corrected chi connectivity index (χ3v) is 2.88. The molecule has 0 bridgehead atoms. The molecule has 0 aromatic heterocycles. The van der Waals surface area contributed by atoms with E-state index in [4.69, 9.17) is 9.47 Å². The van der Waals surface area contributed by atoms with E-state index in [1.165, 1.54) is 6.92 Å². The maximum atomic E-state index is 12.2. The highest BCUT2D eigenvalue weighted by Gasteiger charge is 2.14. The Hall–Kier alpha value is -2.62. The fraction of sp³-hybridized carbons (Fsp3) is 0.176. The first-order valence-corrected chi connectivity index (χ1v) is 6.67. The van der Waals surface area contributed by atoms with Crippen LogP contribution in [-0.2, 0) is 0 Å². The van der Waals surface area contributed by atoms with Crippen LogP contribution in [0.1, 0.15) is 34.6 Å². The number of esters is 1. The van der Waals surface area contributed by atoms with Crippen molar-refractivity contribution in [3.63, 3.8) is 0 Å². The SMILES string of the molecule is CCOc1ccccc1C(=O)Oc1ccc(C(C)=O)cc1. The summed E-state index contributed by atoms with van der Waals surface area (Å²) in [6.07, 6.45) is 0. The highest BCUT2D eigenvalue weighted by atomic mass is 16.5. The Morgan fingerprint density at radius 1 is 1.00 bits per heavy atom. The molecule has 0 unspecified atom stereocenters. The van der Waals surface area contributed by atoms with Crippen LogP contribution in [0.15, 0.2) is 48.5 Å². The number of carbonyl (C=O) groups excluding carboxylic acids is 2. The molecule has 0 aliphatic rings. The summed E-state index contributed by atoms with van der Waals surface area (Å²) in [4.78, 5) is 23.4. The second-order valence-corrected chi connectivity index (χ2v) is 4.40. The van der Waals surface area contributed by atoms with Gasteiger partial charge in [-0.25, -0.2) is 4.79 Å². The van der Waals surface area contributed by atoms with E-state index < -0.39 is 5.97 Å². The van der Waals surface area contributed by atoms with Crippen molar-refractivity contribution in [3.05, 3.63) is 59.7 Å². The summed E-state index contributed by atoms with van der Waals surface area (Å²) >= 11 is 0. The highest BCUT2D eigenvalue weighted by molar-refractivity contribution is 5.95. The fourth-order valence-corrected chi connectivity index (χ4v) is 1.84. The molecule has 2 aromatic carbocycles. The lowest BCUT2D eigenvalue weighted by atomic mass is 10.1. The quantitative estimate of drug-likeness (QED) is 0.479. The van der Waals surface area contributed by atoms with Gasteiger partial charge in [0.25, 0.3) is 0 Å². The van der Waals surface area contributed by atoms with Crippen LogP contribution in [0.4, 0.5) is 0 Å². The molecule has 21 heavy (non-hydrogen) atoms. The van der Waals surface area contributed by atoms with Crippen molar-refractivity contribution in [2.24, 2.45) is 0 Å². The summed E-state index contributed by atoms with van der Waals surface area (Å²) in [5.41, 5.74) is 0.944. The van der Waals surface area contributed by atoms with Gasteiger partial charge in [0.15, 0.2) is 5.78 Å². The number of Topliss-reactive ketones (excluding diaryl/α,β-unsaturated/α-hetero) is 1. The standard InChI is InChI=1S/C17H16O4/c1-3-20-16-7-5-4-6-15(16)17(19)21-14-10-8-13(9-11-14)12(2)18/h4-11H,3H2,1-2H3. The van der Waals surface area contributed by atoms with Crippen LogP contribution >= 0.6 is 0 Å². The van der Waals surface area contributed by atoms with Crippen LogP contribution < -0.4 is 9.47 Å². The van der Waals surface area contributed by atoms with Gasteiger partial charge in [0.05, 0.1) is 6.61 Å². The van der Waals surface area contributed by atoms with E-state index in [2.05, 4.69) is 0 Å². The van der Waals surface area contributed by atoms with Crippen molar-refractivity contribution >= 4 is 11.8 Å². The summed E-state index contributed by atoms with van der Waals surface area (Å²) in [7, 11) is 0. The number of carbonyl (C=O) groups is 2. The van der Waals surface area contributed by atoms with Gasteiger partial charge in [0.1, 0.15) is 17.1 Å². The Morgan fingerprint density at radius 2 is 1.67 bits per heavy atom. The van der Waals surface area contributed by atoms with E-state index in [-0.39, 0.29) is 5.78 Å². The Balaban J connectivity index is 2.16. The lowest BCUT2D eigenvalue weighted by molar-refractivity contribution is 0.0730. The molecular formula is C17H16O4. The molecule has 0 atom stereocenters. The number of hydrogen-bond acceptors (Lipinski definition) is 4. The Morgan fingerprint density at radius 3 is 2.29 bits per heavy atom. The van der Waals surface area contributed by atoms with Crippen molar-refractivity contribution in [1.82, 2.24) is 0 Å². The molecular weight excluding hydrogens is 268 g/mol. The number of rotatable bonds is 5. The molecule has 0 aliphatic carbocycles. The van der Waals surface area contributed by atoms with Crippen molar-refractivity contribution in [2.75, 3.05) is 6.61 Å². The lowest BCUT2D eigenvalue weighted by Gasteiger charge is -2.09. The topological polar surface area (TPSA) is 52.6 Å². The Bertz CT molecular complexity index is 644. The van der Waals surface area contributed by atoms with Crippen LogP contribution in [0.25, 0.3) is 0 Å². The predicted octanol–water partition coefficient (Wildman–Crippen LogP) is 3.51. The van der Waals surface area contributed by atoms with Crippen LogP contribution in [0.2, 0.25) is 0 Å². The number of para-hydroxylation sites is 1. The summed E-state index contributed by atoms with van der Waals surface area (Å²) in [6, 6.07) is 13.4. The van der Waals surface area contributed by atoms with Gasteiger partial charge in [-0.15, -0.1) is 0 Å². The smallest absolute Gasteiger partial charge is 0.347 e. The molecule has 0 N–H and O–H groups in total. The fourth-order valence-electron chi connectivity index (χ4n) is 1.84. The van der Waals surface area contributed by atoms with Gasteiger partial charge in [-0.3, -0.25) is 4.79 Å². The zero-order chi connectivity index (χ0) is 15.2. The molecule has 4 nitrogen and oxygen atoms in total. The number of ether oxygens (including phenoxy) is 2. The van der Waals surface area contributed by atoms with Crippen LogP contribution in [0.5, 0.6) is 11.5 Å². The first-order chi connectivity index (χ1) is 10.1. The number of hydrogen-bond donors (Lipinski definition) is 0. The van der Waals surface area contributed by atoms with E-state index in [9.17, 15) is 9.59 Å². The molecule has 0 amide bonds. The zero-order valence-corrected chi connectivity index (χ0v) is 12.0. The third-order valence-electron chi connectivity index (χ3n) is 2.88. The lowest BCUT2D eigenvalue weighted by Crippen LogP contribution is -2.10. The first-order valence-electron chi connectivity index (χ1n) is 6.67. The van der Waals surface area contributed by atoms with Crippen LogP contribution in [-0.4, -0.2) is 18.4 Å². The van der Waals surface area contributed by atoms with Crippen LogP contribution in [0.3, 0.4) is 0 Å². The normalized spacial score (nSPS) is 10.0. The Kier molecular flexibility index (Phi) is 4.72. The summed E-state index contributed by atoms with van der Waals surface area (Å²) in [6.45, 7) is 3.81. The van der Waals surface area contributed by atoms with Crippen LogP contribution in [0, 0.1) is 0 Å². The molecule has 0 heterocycles. The minimum atomic E-state index is -0.491. The second-order valence-electron chi connectivity index (χ2n) is 4.40. The van der Waals surface area contributed by atoms with Gasteiger partial charge < -0.3 is 9.47 Å². The molecule has 2 rings (SSSR count). The van der Waals surface area contributed by atoms with E-state index in [0.717, 1.165) is 0 Å². The van der Waals surface area contributed by atoms with Gasteiger partial charge in [-0.1, -0.05) is 12.1 Å². The van der Waals surface area contributed by atoms with E-state index in [1.54, 1.807) is 48.5 Å². The van der Waals surface area contributed by atoms with Crippen molar-refractivity contribution in [2.45, 2.75) is 13.8 Å². The minimum absolute atomic E-state index is 0.0328. The molecule has 0 radical (unpaired) electrons. The second kappa shape index (κ2) is 6.70. The van der Waals surface area contributed by atoms with Gasteiger partial charge in [-0.2, -0.15) is 0 Å². The summed E-state index contributed by atoms with van der Waals surface area (Å²) in [5, 5.41) is 0. The maximum Gasteiger partial charge on any atom is 0.347 e. The molecule has 4 heteroatoms. The molecule has 0 saturated heterocycles. The average Bonchev–Trinajstić information content (AvgIpc) is 2.48. The molecule has 0 aliphatic heterocycles. The van der Waals surface area contributed by atoms with E-state index in [0.29, 0.717) is 29.2 Å². The number of benzene rings is 2. The molecule has 108 valence electrons. The molecule has 0 fully saturated rings. The van der Waals surface area contributed by atoms with E-state index >= 15 is 0 Å². The maximum absolute atomic E-state index is 12.2. The van der Waals surface area contributed by atoms with Crippen molar-refractivity contribution < 1.29 is 19.1 Å². The Labute approximate surface area is 123 Å². The van der Waals surface area contributed by atoms with Gasteiger partial charge in [-0.05, 0) is 50.2 Å². The summed E-state index contributed by atoms with van der Waals surface area (Å²) < 4.78 is 10.7. The average molecular weight is 284 g/mol. The van der Waals surface area contributed by atoms with Crippen molar-refractivity contribution in [3.8, 4) is 11.5 Å².